The Bertz CT molecular complexity index is 594. The molecule has 0 unspecified atom stereocenters. The molecule has 7 heteroatoms. The molecule has 5 nitrogen and oxygen atoms in total. The minimum Gasteiger partial charge on any atom is -0.341 e. The third kappa shape index (κ3) is 3.26. The number of hydrogen-bond acceptors (Lipinski definition) is 5. The topological polar surface area (TPSA) is 72.5 Å². The Morgan fingerprint density at radius 1 is 1.47 bits per heavy atom. The predicted octanol–water partition coefficient (Wildman–Crippen LogP) is 1.63. The van der Waals surface area contributed by atoms with Gasteiger partial charge >= 0.3 is 16.1 Å². The number of carbonyl (C=O) groups is 1. The zero-order valence-electron chi connectivity index (χ0n) is 10.3. The maximum Gasteiger partial charge on any atom is 0.341 e. The third-order valence-corrected chi connectivity index (χ3v) is 4.59. The molecular formula is C12H14ClNO4S. The van der Waals surface area contributed by atoms with Crippen LogP contribution in [0.4, 0.5) is 0 Å². The number of halogens is 1. The molecule has 1 fully saturated rings. The van der Waals surface area contributed by atoms with Gasteiger partial charge in [0.1, 0.15) is 10.9 Å². The molecule has 1 heterocycles. The highest BCUT2D eigenvalue weighted by molar-refractivity contribution is 7.87. The van der Waals surface area contributed by atoms with Crippen LogP contribution in [0.5, 0.6) is 0 Å². The number of carbonyl (C=O) groups excluding carboxylic acids is 1. The lowest BCUT2D eigenvalue weighted by Gasteiger charge is -2.10. The lowest BCUT2D eigenvalue weighted by atomic mass is 10.2. The van der Waals surface area contributed by atoms with E-state index in [1.807, 2.05) is 0 Å². The van der Waals surface area contributed by atoms with Crippen LogP contribution in [0.15, 0.2) is 23.1 Å². The van der Waals surface area contributed by atoms with Crippen LogP contribution in [0, 0.1) is 6.92 Å². The van der Waals surface area contributed by atoms with Gasteiger partial charge in [-0.2, -0.15) is 8.42 Å². The largest absolute Gasteiger partial charge is 0.341 e. The summed E-state index contributed by atoms with van der Waals surface area (Å²) in [6.45, 7) is 2.45. The van der Waals surface area contributed by atoms with Crippen molar-refractivity contribution in [2.45, 2.75) is 30.7 Å². The van der Waals surface area contributed by atoms with Crippen molar-refractivity contribution in [3.63, 3.8) is 0 Å². The molecule has 0 bridgehead atoms. The van der Waals surface area contributed by atoms with Crippen LogP contribution in [-0.4, -0.2) is 27.0 Å². The average molecular weight is 304 g/mol. The Labute approximate surface area is 117 Å². The number of nitrogens with one attached hydrogen (secondary N) is 1. The van der Waals surface area contributed by atoms with E-state index in [1.165, 1.54) is 12.1 Å². The number of rotatable bonds is 3. The SMILES string of the molecule is Cc1ccc(S(=O)(=O)OC(=O)[C@@H]2CCCN2)cc1Cl. The van der Waals surface area contributed by atoms with Crippen LogP contribution >= 0.6 is 11.6 Å². The molecule has 0 spiro atoms. The molecule has 19 heavy (non-hydrogen) atoms. The minimum absolute atomic E-state index is 0.116. The fraction of sp³-hybridized carbons (Fsp3) is 0.417. The molecule has 1 aliphatic heterocycles. The smallest absolute Gasteiger partial charge is 0.341 e. The Morgan fingerprint density at radius 2 is 2.21 bits per heavy atom. The first-order chi connectivity index (χ1) is 8.90. The molecule has 0 saturated carbocycles. The Morgan fingerprint density at radius 3 is 2.79 bits per heavy atom. The lowest BCUT2D eigenvalue weighted by molar-refractivity contribution is -0.135. The van der Waals surface area contributed by atoms with Gasteiger partial charge in [0.2, 0.25) is 0 Å². The first kappa shape index (κ1) is 14.3. The van der Waals surface area contributed by atoms with Gasteiger partial charge in [0.25, 0.3) is 0 Å². The van der Waals surface area contributed by atoms with Crippen molar-refractivity contribution in [2.75, 3.05) is 6.54 Å². The number of aryl methyl sites for hydroxylation is 1. The molecule has 1 atom stereocenters. The summed E-state index contributed by atoms with van der Waals surface area (Å²) in [4.78, 5) is 11.6. The van der Waals surface area contributed by atoms with E-state index in [0.717, 1.165) is 12.0 Å². The predicted molar refractivity (Wildman–Crippen MR) is 70.5 cm³/mol. The Balaban J connectivity index is 2.17. The number of benzene rings is 1. The van der Waals surface area contributed by atoms with E-state index < -0.39 is 22.1 Å². The molecule has 1 aliphatic rings. The van der Waals surface area contributed by atoms with Crippen LogP contribution in [0.3, 0.4) is 0 Å². The Hall–Kier alpha value is -1.11. The molecule has 0 amide bonds. The third-order valence-electron chi connectivity index (χ3n) is 2.97. The molecule has 0 radical (unpaired) electrons. The van der Waals surface area contributed by atoms with E-state index in [4.69, 9.17) is 11.6 Å². The van der Waals surface area contributed by atoms with Gasteiger partial charge in [-0.05, 0) is 44.0 Å². The first-order valence-electron chi connectivity index (χ1n) is 5.88. The van der Waals surface area contributed by atoms with Crippen LogP contribution in [0.1, 0.15) is 18.4 Å². The molecule has 1 aromatic carbocycles. The van der Waals surface area contributed by atoms with Crippen molar-refractivity contribution < 1.29 is 17.4 Å². The van der Waals surface area contributed by atoms with Crippen LogP contribution in [0.2, 0.25) is 5.02 Å². The van der Waals surface area contributed by atoms with Gasteiger partial charge in [-0.1, -0.05) is 17.7 Å². The minimum atomic E-state index is -4.11. The van der Waals surface area contributed by atoms with Crippen molar-refractivity contribution >= 4 is 27.7 Å². The van der Waals surface area contributed by atoms with Crippen molar-refractivity contribution in [3.05, 3.63) is 28.8 Å². The van der Waals surface area contributed by atoms with Crippen molar-refractivity contribution in [3.8, 4) is 0 Å². The highest BCUT2D eigenvalue weighted by Crippen LogP contribution is 2.22. The zero-order valence-corrected chi connectivity index (χ0v) is 11.9. The summed E-state index contributed by atoms with van der Waals surface area (Å²) in [5.74, 6) is -0.769. The molecule has 0 aliphatic carbocycles. The van der Waals surface area contributed by atoms with Crippen molar-refractivity contribution in [2.24, 2.45) is 0 Å². The second-order valence-electron chi connectivity index (χ2n) is 4.42. The highest BCUT2D eigenvalue weighted by Gasteiger charge is 2.29. The summed E-state index contributed by atoms with van der Waals surface area (Å²) in [6, 6.07) is 3.67. The van der Waals surface area contributed by atoms with Gasteiger partial charge in [-0.25, -0.2) is 4.79 Å². The zero-order chi connectivity index (χ0) is 14.0. The van der Waals surface area contributed by atoms with Gasteiger partial charge in [0, 0.05) is 5.02 Å². The maximum atomic E-state index is 11.9. The van der Waals surface area contributed by atoms with E-state index in [0.29, 0.717) is 18.0 Å². The second-order valence-corrected chi connectivity index (χ2v) is 6.37. The van der Waals surface area contributed by atoms with E-state index in [-0.39, 0.29) is 4.90 Å². The van der Waals surface area contributed by atoms with E-state index in [9.17, 15) is 13.2 Å². The molecule has 104 valence electrons. The van der Waals surface area contributed by atoms with E-state index in [2.05, 4.69) is 9.50 Å². The van der Waals surface area contributed by atoms with Crippen LogP contribution < -0.4 is 5.32 Å². The van der Waals surface area contributed by atoms with Gasteiger partial charge in [-0.15, -0.1) is 0 Å². The first-order valence-corrected chi connectivity index (χ1v) is 7.66. The standard InChI is InChI=1S/C12H14ClNO4S/c1-8-4-5-9(7-10(8)13)19(16,17)18-12(15)11-3-2-6-14-11/h4-5,7,11,14H,2-3,6H2,1H3/t11-/m0/s1. The van der Waals surface area contributed by atoms with Crippen LogP contribution in [0.25, 0.3) is 0 Å². The summed E-state index contributed by atoms with van der Waals surface area (Å²) in [7, 11) is -4.11. The fourth-order valence-electron chi connectivity index (χ4n) is 1.83. The lowest BCUT2D eigenvalue weighted by Crippen LogP contribution is -2.33. The normalized spacial score (nSPS) is 19.4. The van der Waals surface area contributed by atoms with Crippen molar-refractivity contribution in [1.82, 2.24) is 5.32 Å². The van der Waals surface area contributed by atoms with Gasteiger partial charge in [-0.3, -0.25) is 0 Å². The molecule has 1 saturated heterocycles. The fourth-order valence-corrected chi connectivity index (χ4v) is 3.00. The molecular weight excluding hydrogens is 290 g/mol. The summed E-state index contributed by atoms with van der Waals surface area (Å²) in [5.41, 5.74) is 0.754. The Kier molecular flexibility index (Phi) is 4.13. The van der Waals surface area contributed by atoms with Gasteiger partial charge in [0.15, 0.2) is 0 Å². The van der Waals surface area contributed by atoms with E-state index in [1.54, 1.807) is 13.0 Å². The number of hydrogen-bond donors (Lipinski definition) is 1. The quantitative estimate of drug-likeness (QED) is 0.859. The molecule has 1 N–H and O–H groups in total. The molecule has 0 aromatic heterocycles. The van der Waals surface area contributed by atoms with Gasteiger partial charge in [0.05, 0.1) is 0 Å². The second kappa shape index (κ2) is 5.48. The summed E-state index contributed by atoms with van der Waals surface area (Å²) in [6.07, 6.45) is 1.42. The van der Waals surface area contributed by atoms with E-state index >= 15 is 0 Å². The highest BCUT2D eigenvalue weighted by atomic mass is 35.5. The summed E-state index contributed by atoms with van der Waals surface area (Å²) in [5, 5.41) is 3.20. The molecule has 2 rings (SSSR count). The molecule has 1 aromatic rings. The monoisotopic (exact) mass is 303 g/mol. The average Bonchev–Trinajstić information content (AvgIpc) is 2.85. The van der Waals surface area contributed by atoms with Crippen molar-refractivity contribution in [1.29, 1.82) is 0 Å². The summed E-state index contributed by atoms with van der Waals surface area (Å²) < 4.78 is 28.5. The summed E-state index contributed by atoms with van der Waals surface area (Å²) >= 11 is 5.87. The van der Waals surface area contributed by atoms with Gasteiger partial charge < -0.3 is 9.50 Å². The van der Waals surface area contributed by atoms with Crippen LogP contribution in [-0.2, 0) is 19.1 Å². The maximum absolute atomic E-state index is 11.9.